The molecule has 9 rings (SSSR count). The standard InChI is InChI=1S/C34H35F3N4O3/c35-24-6-7-27-26(19-24)38-29(43-27)23-2-1-3-25(18-23)41(30(42)22-8-10-34(36,37)11-9-22)20-32-12-15-33(16-13-32,17-14-32)31-39-28(40-44-31)21-4-5-21/h1-3,6-7,18-19,21-22H,4-5,8-17,20H2. The summed E-state index contributed by atoms with van der Waals surface area (Å²) in [5.74, 6) is -1.26. The van der Waals surface area contributed by atoms with Crippen molar-refractivity contribution in [3.05, 3.63) is 60.0 Å². The number of fused-ring (bicyclic) bond motifs is 4. The van der Waals surface area contributed by atoms with E-state index in [-0.39, 0.29) is 42.4 Å². The summed E-state index contributed by atoms with van der Waals surface area (Å²) >= 11 is 0. The van der Waals surface area contributed by atoms with Gasteiger partial charge in [0, 0.05) is 54.0 Å². The van der Waals surface area contributed by atoms with Crippen LogP contribution in [0.15, 0.2) is 51.4 Å². The lowest BCUT2D eigenvalue weighted by Crippen LogP contribution is -2.52. The van der Waals surface area contributed by atoms with Crippen molar-refractivity contribution < 1.29 is 26.9 Å². The molecule has 230 valence electrons. The van der Waals surface area contributed by atoms with Gasteiger partial charge in [0.05, 0.1) is 0 Å². The highest BCUT2D eigenvalue weighted by Gasteiger charge is 2.53. The highest BCUT2D eigenvalue weighted by molar-refractivity contribution is 5.96. The van der Waals surface area contributed by atoms with Gasteiger partial charge in [0.15, 0.2) is 11.4 Å². The maximum absolute atomic E-state index is 14.2. The summed E-state index contributed by atoms with van der Waals surface area (Å²) in [5, 5.41) is 4.28. The number of nitrogens with zero attached hydrogens (tertiary/aromatic N) is 4. The number of alkyl halides is 2. The van der Waals surface area contributed by atoms with Crippen LogP contribution < -0.4 is 4.90 Å². The van der Waals surface area contributed by atoms with Gasteiger partial charge in [-0.05, 0) is 100.0 Å². The number of carbonyl (C=O) groups is 1. The van der Waals surface area contributed by atoms with Crippen LogP contribution in [0.3, 0.4) is 0 Å². The Morgan fingerprint density at radius 3 is 2.39 bits per heavy atom. The number of halogens is 3. The number of hydrogen-bond acceptors (Lipinski definition) is 6. The van der Waals surface area contributed by atoms with E-state index in [9.17, 15) is 18.0 Å². The fourth-order valence-electron chi connectivity index (χ4n) is 7.75. The minimum atomic E-state index is -2.71. The van der Waals surface area contributed by atoms with Gasteiger partial charge in [-0.25, -0.2) is 18.2 Å². The largest absolute Gasteiger partial charge is 0.436 e. The number of carbonyl (C=O) groups excluding carboxylic acids is 1. The molecule has 0 atom stereocenters. The maximum Gasteiger partial charge on any atom is 0.248 e. The summed E-state index contributed by atoms with van der Waals surface area (Å²) in [6.07, 6.45) is 7.64. The Labute approximate surface area is 253 Å². The van der Waals surface area contributed by atoms with E-state index in [4.69, 9.17) is 13.9 Å². The fraction of sp³-hybridized carbons (Fsp3) is 0.529. The molecule has 1 amide bonds. The molecule has 44 heavy (non-hydrogen) atoms. The fourth-order valence-corrected chi connectivity index (χ4v) is 7.75. The van der Waals surface area contributed by atoms with Crippen molar-refractivity contribution in [3.63, 3.8) is 0 Å². The molecule has 5 aliphatic rings. The summed E-state index contributed by atoms with van der Waals surface area (Å²) in [4.78, 5) is 25.3. The number of hydrogen-bond donors (Lipinski definition) is 0. The van der Waals surface area contributed by atoms with Gasteiger partial charge >= 0.3 is 0 Å². The summed E-state index contributed by atoms with van der Waals surface area (Å²) in [5.41, 5.74) is 2.07. The van der Waals surface area contributed by atoms with Crippen LogP contribution in [0.2, 0.25) is 0 Å². The molecule has 10 heteroatoms. The summed E-state index contributed by atoms with van der Waals surface area (Å²) < 4.78 is 53.6. The molecule has 5 saturated carbocycles. The van der Waals surface area contributed by atoms with E-state index >= 15 is 0 Å². The molecular formula is C34H35F3N4O3. The van der Waals surface area contributed by atoms with Gasteiger partial charge in [-0.2, -0.15) is 4.98 Å². The Morgan fingerprint density at radius 1 is 0.909 bits per heavy atom. The highest BCUT2D eigenvalue weighted by Crippen LogP contribution is 2.58. The van der Waals surface area contributed by atoms with Crippen molar-refractivity contribution in [1.82, 2.24) is 15.1 Å². The molecule has 2 aromatic carbocycles. The number of rotatable bonds is 7. The predicted octanol–water partition coefficient (Wildman–Crippen LogP) is 8.35. The van der Waals surface area contributed by atoms with Gasteiger partial charge < -0.3 is 13.8 Å². The van der Waals surface area contributed by atoms with E-state index in [0.717, 1.165) is 63.1 Å². The zero-order chi connectivity index (χ0) is 30.1. The molecule has 4 aromatic rings. The first kappa shape index (κ1) is 27.8. The third-order valence-corrected chi connectivity index (χ3v) is 10.8. The molecule has 7 nitrogen and oxygen atoms in total. The molecule has 5 aliphatic carbocycles. The number of aromatic nitrogens is 3. The molecule has 2 aromatic heterocycles. The topological polar surface area (TPSA) is 85.3 Å². The highest BCUT2D eigenvalue weighted by atomic mass is 19.3. The number of benzene rings is 2. The Kier molecular flexibility index (Phi) is 6.43. The van der Waals surface area contributed by atoms with Crippen LogP contribution in [0, 0.1) is 17.2 Å². The van der Waals surface area contributed by atoms with Gasteiger partial charge in [0.1, 0.15) is 11.3 Å². The molecule has 0 saturated heterocycles. The van der Waals surface area contributed by atoms with Crippen LogP contribution in [-0.4, -0.2) is 33.5 Å². The molecule has 0 spiro atoms. The molecule has 0 aliphatic heterocycles. The minimum absolute atomic E-state index is 0.0828. The molecule has 0 N–H and O–H groups in total. The van der Waals surface area contributed by atoms with Crippen molar-refractivity contribution in [1.29, 1.82) is 0 Å². The quantitative estimate of drug-likeness (QED) is 0.211. The van der Waals surface area contributed by atoms with Crippen LogP contribution in [0.4, 0.5) is 18.9 Å². The summed E-state index contributed by atoms with van der Waals surface area (Å²) in [6.45, 7) is 0.522. The summed E-state index contributed by atoms with van der Waals surface area (Å²) in [6, 6.07) is 11.7. The van der Waals surface area contributed by atoms with Crippen LogP contribution in [0.1, 0.15) is 94.7 Å². The number of amides is 1. The Balaban J connectivity index is 1.08. The number of oxazole rings is 1. The van der Waals surface area contributed by atoms with Crippen molar-refractivity contribution in [2.75, 3.05) is 11.4 Å². The number of anilines is 1. The van der Waals surface area contributed by atoms with Gasteiger partial charge in [-0.3, -0.25) is 4.79 Å². The molecule has 2 heterocycles. The van der Waals surface area contributed by atoms with Crippen LogP contribution in [0.5, 0.6) is 0 Å². The van der Waals surface area contributed by atoms with Gasteiger partial charge in [-0.1, -0.05) is 11.2 Å². The Bertz CT molecular complexity index is 1690. The monoisotopic (exact) mass is 604 g/mol. The first-order chi connectivity index (χ1) is 21.2. The molecule has 5 fully saturated rings. The van der Waals surface area contributed by atoms with Crippen LogP contribution in [-0.2, 0) is 10.2 Å². The molecule has 0 unspecified atom stereocenters. The van der Waals surface area contributed by atoms with E-state index in [0.29, 0.717) is 40.7 Å². The van der Waals surface area contributed by atoms with E-state index in [1.54, 1.807) is 6.07 Å². The van der Waals surface area contributed by atoms with Crippen LogP contribution >= 0.6 is 0 Å². The lowest BCUT2D eigenvalue weighted by atomic mass is 9.53. The van der Waals surface area contributed by atoms with Crippen molar-refractivity contribution in [2.45, 2.75) is 94.3 Å². The molecule has 0 radical (unpaired) electrons. The van der Waals surface area contributed by atoms with Crippen molar-refractivity contribution in [2.24, 2.45) is 11.3 Å². The van der Waals surface area contributed by atoms with Gasteiger partial charge in [-0.15, -0.1) is 0 Å². The predicted molar refractivity (Wildman–Crippen MR) is 157 cm³/mol. The lowest BCUT2D eigenvalue weighted by Gasteiger charge is -2.53. The van der Waals surface area contributed by atoms with E-state index in [1.807, 2.05) is 29.2 Å². The zero-order valence-electron chi connectivity index (χ0n) is 24.5. The first-order valence-electron chi connectivity index (χ1n) is 15.9. The SMILES string of the molecule is O=C(C1CCC(F)(F)CC1)N(CC12CCC(c3nc(C4CC4)no3)(CC1)CC2)c1cccc(-c2nc3cc(F)ccc3o2)c1. The maximum atomic E-state index is 14.2. The third-order valence-electron chi connectivity index (χ3n) is 10.8. The zero-order valence-corrected chi connectivity index (χ0v) is 24.5. The summed E-state index contributed by atoms with van der Waals surface area (Å²) in [7, 11) is 0. The lowest BCUT2D eigenvalue weighted by molar-refractivity contribution is -0.127. The third kappa shape index (κ3) is 5.00. The van der Waals surface area contributed by atoms with E-state index < -0.39 is 17.7 Å². The second kappa shape index (κ2) is 10.2. The van der Waals surface area contributed by atoms with E-state index in [1.165, 1.54) is 12.1 Å². The van der Waals surface area contributed by atoms with Gasteiger partial charge in [0.25, 0.3) is 0 Å². The Hall–Kier alpha value is -3.69. The average molecular weight is 605 g/mol. The minimum Gasteiger partial charge on any atom is -0.436 e. The average Bonchev–Trinajstić information content (AvgIpc) is 3.60. The van der Waals surface area contributed by atoms with Crippen LogP contribution in [0.25, 0.3) is 22.6 Å². The normalized spacial score (nSPS) is 26.7. The first-order valence-corrected chi connectivity index (χ1v) is 15.9. The second-order valence-corrected chi connectivity index (χ2v) is 13.7. The molecular weight excluding hydrogens is 569 g/mol. The second-order valence-electron chi connectivity index (χ2n) is 13.7. The van der Waals surface area contributed by atoms with Crippen molar-refractivity contribution >= 4 is 22.7 Å². The molecule has 2 bridgehead atoms. The Morgan fingerprint density at radius 2 is 1.66 bits per heavy atom. The van der Waals surface area contributed by atoms with Crippen molar-refractivity contribution in [3.8, 4) is 11.5 Å². The van der Waals surface area contributed by atoms with E-state index in [2.05, 4.69) is 10.1 Å². The van der Waals surface area contributed by atoms with Gasteiger partial charge in [0.2, 0.25) is 23.6 Å². The smallest absolute Gasteiger partial charge is 0.248 e.